The van der Waals surface area contributed by atoms with Crippen molar-refractivity contribution >= 4 is 41.3 Å². The molecule has 0 spiro atoms. The molecule has 1 aromatic heterocycles. The van der Waals surface area contributed by atoms with Crippen LogP contribution in [0.1, 0.15) is 48.0 Å². The number of aryl methyl sites for hydroxylation is 2. The largest absolute Gasteiger partial charge is 0.490 e. The zero-order valence-electron chi connectivity index (χ0n) is 17.5. The quantitative estimate of drug-likeness (QED) is 0.304. The van der Waals surface area contributed by atoms with Crippen molar-refractivity contribution < 1.29 is 9.47 Å². The third-order valence-corrected chi connectivity index (χ3v) is 5.20. The maximum absolute atomic E-state index is 5.72. The summed E-state index contributed by atoms with van der Waals surface area (Å²) < 4.78 is 11.4. The molecule has 28 heavy (non-hydrogen) atoms. The minimum atomic E-state index is 0. The average molecular weight is 518 g/mol. The van der Waals surface area contributed by atoms with Gasteiger partial charge in [0.2, 0.25) is 0 Å². The fourth-order valence-electron chi connectivity index (χ4n) is 2.59. The molecule has 0 bridgehead atoms. The van der Waals surface area contributed by atoms with Crippen molar-refractivity contribution in [2.45, 2.75) is 47.2 Å². The van der Waals surface area contributed by atoms with Crippen LogP contribution in [0, 0.1) is 13.8 Å². The number of nitrogens with one attached hydrogen (secondary N) is 2. The van der Waals surface area contributed by atoms with E-state index < -0.39 is 0 Å². The number of halogens is 1. The molecule has 0 aliphatic carbocycles. The fourth-order valence-corrected chi connectivity index (χ4v) is 3.47. The molecule has 0 saturated carbocycles. The Balaban J connectivity index is 0.00000392. The standard InChI is InChI=1S/C20H30N4O2S.HI/c1-7-25-17-10-9-16(11-18(17)26-8-2)14(4)24-20(21-6)22-12-19-23-13(3)15(5)27-19;/h9-11,14H,7-8,12H2,1-6H3,(H2,21,22,24);1H. The van der Waals surface area contributed by atoms with E-state index >= 15 is 0 Å². The number of thiazole rings is 1. The van der Waals surface area contributed by atoms with Crippen LogP contribution in [0.4, 0.5) is 0 Å². The molecule has 1 aromatic carbocycles. The highest BCUT2D eigenvalue weighted by molar-refractivity contribution is 14.0. The zero-order chi connectivity index (χ0) is 19.8. The van der Waals surface area contributed by atoms with Gasteiger partial charge >= 0.3 is 0 Å². The molecular formula is C20H31IN4O2S. The lowest BCUT2D eigenvalue weighted by atomic mass is 10.1. The summed E-state index contributed by atoms with van der Waals surface area (Å²) >= 11 is 1.71. The molecule has 8 heteroatoms. The van der Waals surface area contributed by atoms with Crippen molar-refractivity contribution in [3.05, 3.63) is 39.3 Å². The number of nitrogens with zero attached hydrogens (tertiary/aromatic N) is 2. The smallest absolute Gasteiger partial charge is 0.191 e. The highest BCUT2D eigenvalue weighted by Gasteiger charge is 2.13. The van der Waals surface area contributed by atoms with Gasteiger partial charge in [-0.25, -0.2) is 4.98 Å². The summed E-state index contributed by atoms with van der Waals surface area (Å²) in [5, 5.41) is 7.80. The van der Waals surface area contributed by atoms with Gasteiger partial charge in [-0.15, -0.1) is 35.3 Å². The molecule has 1 atom stereocenters. The molecule has 0 amide bonds. The van der Waals surface area contributed by atoms with E-state index in [4.69, 9.17) is 9.47 Å². The van der Waals surface area contributed by atoms with E-state index in [0.717, 1.165) is 33.7 Å². The Morgan fingerprint density at radius 1 is 1.18 bits per heavy atom. The number of hydrogen-bond acceptors (Lipinski definition) is 5. The van der Waals surface area contributed by atoms with Crippen LogP contribution in [-0.2, 0) is 6.54 Å². The first-order valence-corrected chi connectivity index (χ1v) is 10.1. The van der Waals surface area contributed by atoms with Crippen LogP contribution in [0.25, 0.3) is 0 Å². The molecule has 1 heterocycles. The number of ether oxygens (including phenoxy) is 2. The molecule has 0 aliphatic heterocycles. The Morgan fingerprint density at radius 3 is 2.43 bits per heavy atom. The maximum Gasteiger partial charge on any atom is 0.191 e. The minimum absolute atomic E-state index is 0. The van der Waals surface area contributed by atoms with Gasteiger partial charge < -0.3 is 20.1 Å². The van der Waals surface area contributed by atoms with Crippen LogP contribution in [0.15, 0.2) is 23.2 Å². The van der Waals surface area contributed by atoms with Crippen molar-refractivity contribution in [1.82, 2.24) is 15.6 Å². The Kier molecular flexibility index (Phi) is 10.6. The third kappa shape index (κ3) is 6.80. The Bertz CT molecular complexity index is 760. The van der Waals surface area contributed by atoms with Gasteiger partial charge in [-0.3, -0.25) is 4.99 Å². The highest BCUT2D eigenvalue weighted by atomic mass is 127. The summed E-state index contributed by atoms with van der Waals surface area (Å²) in [7, 11) is 1.77. The van der Waals surface area contributed by atoms with Crippen LogP contribution in [0.2, 0.25) is 0 Å². The normalized spacial score (nSPS) is 12.1. The molecule has 156 valence electrons. The second-order valence-corrected chi connectivity index (χ2v) is 7.40. The summed E-state index contributed by atoms with van der Waals surface area (Å²) in [6, 6.07) is 6.09. The number of aromatic nitrogens is 1. The second kappa shape index (κ2) is 12.1. The summed E-state index contributed by atoms with van der Waals surface area (Å²) in [4.78, 5) is 10.1. The van der Waals surface area contributed by atoms with Gasteiger partial charge in [0, 0.05) is 11.9 Å². The first-order chi connectivity index (χ1) is 13.0. The van der Waals surface area contributed by atoms with Crippen LogP contribution in [-0.4, -0.2) is 31.2 Å². The van der Waals surface area contributed by atoms with Gasteiger partial charge in [-0.05, 0) is 52.3 Å². The van der Waals surface area contributed by atoms with Crippen molar-refractivity contribution in [2.24, 2.45) is 4.99 Å². The van der Waals surface area contributed by atoms with Gasteiger partial charge in [-0.2, -0.15) is 0 Å². The van der Waals surface area contributed by atoms with Gasteiger partial charge in [0.1, 0.15) is 5.01 Å². The molecule has 0 aliphatic rings. The topological polar surface area (TPSA) is 67.8 Å². The minimum Gasteiger partial charge on any atom is -0.490 e. The van der Waals surface area contributed by atoms with Crippen LogP contribution in [0.3, 0.4) is 0 Å². The molecule has 2 aromatic rings. The molecule has 2 N–H and O–H groups in total. The predicted molar refractivity (Wildman–Crippen MR) is 128 cm³/mol. The van der Waals surface area contributed by atoms with Gasteiger partial charge in [0.15, 0.2) is 17.5 Å². The van der Waals surface area contributed by atoms with E-state index in [1.54, 1.807) is 18.4 Å². The van der Waals surface area contributed by atoms with Crippen molar-refractivity contribution in [2.75, 3.05) is 20.3 Å². The molecule has 6 nitrogen and oxygen atoms in total. The Morgan fingerprint density at radius 2 is 1.86 bits per heavy atom. The van der Waals surface area contributed by atoms with Crippen LogP contribution >= 0.6 is 35.3 Å². The van der Waals surface area contributed by atoms with E-state index in [0.29, 0.717) is 19.8 Å². The van der Waals surface area contributed by atoms with E-state index in [1.165, 1.54) is 4.88 Å². The van der Waals surface area contributed by atoms with Crippen molar-refractivity contribution in [3.63, 3.8) is 0 Å². The monoisotopic (exact) mass is 518 g/mol. The Labute approximate surface area is 189 Å². The molecule has 0 radical (unpaired) electrons. The molecule has 2 rings (SSSR count). The summed E-state index contributed by atoms with van der Waals surface area (Å²) in [5.41, 5.74) is 2.19. The molecular weight excluding hydrogens is 487 g/mol. The maximum atomic E-state index is 5.72. The molecule has 0 fully saturated rings. The average Bonchev–Trinajstić information content (AvgIpc) is 2.98. The predicted octanol–water partition coefficient (Wildman–Crippen LogP) is 4.60. The highest BCUT2D eigenvalue weighted by Crippen LogP contribution is 2.30. The lowest BCUT2D eigenvalue weighted by Crippen LogP contribution is -2.38. The first-order valence-electron chi connectivity index (χ1n) is 9.28. The molecule has 1 unspecified atom stereocenters. The van der Waals surface area contributed by atoms with Gasteiger partial charge in [-0.1, -0.05) is 6.07 Å². The van der Waals surface area contributed by atoms with Crippen LogP contribution in [0.5, 0.6) is 11.5 Å². The summed E-state index contributed by atoms with van der Waals surface area (Å²) in [5.74, 6) is 2.27. The lowest BCUT2D eigenvalue weighted by Gasteiger charge is -2.19. The van der Waals surface area contributed by atoms with Gasteiger partial charge in [0.25, 0.3) is 0 Å². The third-order valence-electron chi connectivity index (χ3n) is 4.12. The van der Waals surface area contributed by atoms with Crippen LogP contribution < -0.4 is 20.1 Å². The number of benzene rings is 1. The number of rotatable bonds is 8. The van der Waals surface area contributed by atoms with E-state index in [9.17, 15) is 0 Å². The fraction of sp³-hybridized carbons (Fsp3) is 0.500. The zero-order valence-corrected chi connectivity index (χ0v) is 20.6. The SMILES string of the molecule is CCOc1ccc(C(C)NC(=NC)NCc2nc(C)c(C)s2)cc1OCC.I. The van der Waals surface area contributed by atoms with Crippen molar-refractivity contribution in [3.8, 4) is 11.5 Å². The lowest BCUT2D eigenvalue weighted by molar-refractivity contribution is 0.287. The van der Waals surface area contributed by atoms with Gasteiger partial charge in [0.05, 0.1) is 31.5 Å². The molecule has 0 saturated heterocycles. The summed E-state index contributed by atoms with van der Waals surface area (Å²) in [6.07, 6.45) is 0. The van der Waals surface area contributed by atoms with E-state index in [1.807, 2.05) is 39.0 Å². The van der Waals surface area contributed by atoms with E-state index in [-0.39, 0.29) is 30.0 Å². The number of guanidine groups is 1. The second-order valence-electron chi connectivity index (χ2n) is 6.11. The number of aliphatic imine (C=N–C) groups is 1. The van der Waals surface area contributed by atoms with E-state index in [2.05, 4.69) is 34.5 Å². The van der Waals surface area contributed by atoms with Crippen molar-refractivity contribution in [1.29, 1.82) is 0 Å². The summed E-state index contributed by atoms with van der Waals surface area (Å²) in [6.45, 7) is 12.0. The number of hydrogen-bond donors (Lipinski definition) is 2. The first kappa shape index (κ1) is 24.5. The Hall–Kier alpha value is -1.55.